The Labute approximate surface area is 112 Å². The summed E-state index contributed by atoms with van der Waals surface area (Å²) >= 11 is 0. The number of carbonyl (C=O) groups is 1. The van der Waals surface area contributed by atoms with E-state index in [-0.39, 0.29) is 5.91 Å². The van der Waals surface area contributed by atoms with Crippen molar-refractivity contribution in [2.75, 3.05) is 5.32 Å². The molecule has 0 heterocycles. The number of nitrogens with one attached hydrogen (secondary N) is 1. The van der Waals surface area contributed by atoms with E-state index < -0.39 is 0 Å². The Morgan fingerprint density at radius 3 is 2.00 bits per heavy atom. The summed E-state index contributed by atoms with van der Waals surface area (Å²) in [5.41, 5.74) is 3.28. The first kappa shape index (κ1) is 16.7. The first-order chi connectivity index (χ1) is 8.25. The van der Waals surface area contributed by atoms with Gasteiger partial charge >= 0.3 is 0 Å². The minimum Gasteiger partial charge on any atom is -0.326 e. The topological polar surface area (TPSA) is 29.1 Å². The Balaban J connectivity index is 0.000000631. The molecule has 18 heavy (non-hydrogen) atoms. The van der Waals surface area contributed by atoms with Crippen molar-refractivity contribution < 1.29 is 4.79 Å². The van der Waals surface area contributed by atoms with Crippen LogP contribution in [0, 0.1) is 12.8 Å². The van der Waals surface area contributed by atoms with E-state index in [0.29, 0.717) is 5.92 Å². The zero-order valence-corrected chi connectivity index (χ0v) is 12.8. The fourth-order valence-electron chi connectivity index (χ4n) is 1.52. The molecule has 1 aromatic rings. The van der Waals surface area contributed by atoms with Crippen molar-refractivity contribution >= 4 is 11.6 Å². The third kappa shape index (κ3) is 6.43. The number of carbonyl (C=O) groups excluding carboxylic acids is 1. The summed E-state index contributed by atoms with van der Waals surface area (Å²) < 4.78 is 0. The number of para-hydroxylation sites is 1. The minimum absolute atomic E-state index is 0.0128. The van der Waals surface area contributed by atoms with Crippen molar-refractivity contribution in [3.05, 3.63) is 29.3 Å². The van der Waals surface area contributed by atoms with Crippen molar-refractivity contribution in [1.82, 2.24) is 0 Å². The third-order valence-corrected chi connectivity index (χ3v) is 2.23. The maximum absolute atomic E-state index is 11.0. The number of rotatable bonds is 2. The average molecular weight is 249 g/mol. The summed E-state index contributed by atoms with van der Waals surface area (Å²) in [4.78, 5) is 11.0. The van der Waals surface area contributed by atoms with E-state index in [1.807, 2.05) is 19.1 Å². The lowest BCUT2D eigenvalue weighted by Crippen LogP contribution is -2.10. The molecule has 0 saturated carbocycles. The second-order valence-corrected chi connectivity index (χ2v) is 5.61. The largest absolute Gasteiger partial charge is 0.326 e. The predicted molar refractivity (Wildman–Crippen MR) is 80.1 cm³/mol. The third-order valence-electron chi connectivity index (χ3n) is 2.23. The van der Waals surface area contributed by atoms with E-state index in [4.69, 9.17) is 0 Å². The van der Waals surface area contributed by atoms with Crippen LogP contribution in [0.2, 0.25) is 0 Å². The molecular formula is C16H27NO. The van der Waals surface area contributed by atoms with Crippen molar-refractivity contribution in [1.29, 1.82) is 0 Å². The number of hydrogen-bond acceptors (Lipinski definition) is 1. The monoisotopic (exact) mass is 249 g/mol. The van der Waals surface area contributed by atoms with Gasteiger partial charge in [0, 0.05) is 12.6 Å². The highest BCUT2D eigenvalue weighted by molar-refractivity contribution is 5.90. The van der Waals surface area contributed by atoms with Gasteiger partial charge in [0.15, 0.2) is 0 Å². The van der Waals surface area contributed by atoms with Gasteiger partial charge in [-0.15, -0.1) is 0 Å². The Hall–Kier alpha value is -1.31. The van der Waals surface area contributed by atoms with Crippen molar-refractivity contribution in [3.8, 4) is 0 Å². The lowest BCUT2D eigenvalue weighted by Gasteiger charge is -2.15. The molecule has 0 spiro atoms. The molecule has 2 heteroatoms. The van der Waals surface area contributed by atoms with Crippen LogP contribution >= 0.6 is 0 Å². The maximum Gasteiger partial charge on any atom is 0.221 e. The molecule has 1 rings (SSSR count). The van der Waals surface area contributed by atoms with Gasteiger partial charge in [-0.3, -0.25) is 4.79 Å². The summed E-state index contributed by atoms with van der Waals surface area (Å²) in [6, 6.07) is 6.09. The summed E-state index contributed by atoms with van der Waals surface area (Å²) in [6.07, 6.45) is 0. The quantitative estimate of drug-likeness (QED) is 0.806. The first-order valence-electron chi connectivity index (χ1n) is 6.62. The summed E-state index contributed by atoms with van der Waals surface area (Å²) in [5.74, 6) is 1.25. The number of benzene rings is 1. The summed E-state index contributed by atoms with van der Waals surface area (Å²) in [5, 5.41) is 2.88. The molecule has 0 aromatic heterocycles. The number of hydrogen-bond donors (Lipinski definition) is 1. The van der Waals surface area contributed by atoms with Crippen LogP contribution < -0.4 is 5.32 Å². The van der Waals surface area contributed by atoms with Crippen molar-refractivity contribution in [3.63, 3.8) is 0 Å². The molecule has 0 unspecified atom stereocenters. The predicted octanol–water partition coefficient (Wildman–Crippen LogP) is 4.74. The molecule has 102 valence electrons. The van der Waals surface area contributed by atoms with Crippen molar-refractivity contribution in [2.45, 2.75) is 54.4 Å². The lowest BCUT2D eigenvalue weighted by molar-refractivity contribution is -0.114. The van der Waals surface area contributed by atoms with Gasteiger partial charge in [-0.1, -0.05) is 52.8 Å². The molecule has 0 aliphatic rings. The second-order valence-electron chi connectivity index (χ2n) is 5.61. The van der Waals surface area contributed by atoms with Crippen LogP contribution in [0.1, 0.15) is 58.6 Å². The van der Waals surface area contributed by atoms with Gasteiger partial charge in [0.05, 0.1) is 0 Å². The minimum atomic E-state index is -0.0128. The molecule has 0 saturated heterocycles. The molecule has 0 aliphatic carbocycles. The van der Waals surface area contributed by atoms with Crippen LogP contribution in [0.4, 0.5) is 5.69 Å². The van der Waals surface area contributed by atoms with Crippen LogP contribution in [0.3, 0.4) is 0 Å². The van der Waals surface area contributed by atoms with Gasteiger partial charge in [-0.2, -0.15) is 0 Å². The molecule has 1 amide bonds. The Kier molecular flexibility index (Phi) is 7.33. The highest BCUT2D eigenvalue weighted by Crippen LogP contribution is 2.27. The second kappa shape index (κ2) is 7.91. The molecule has 0 aliphatic heterocycles. The summed E-state index contributed by atoms with van der Waals surface area (Å²) in [6.45, 7) is 14.3. The maximum atomic E-state index is 11.0. The molecular weight excluding hydrogens is 222 g/mol. The van der Waals surface area contributed by atoms with Gasteiger partial charge in [-0.05, 0) is 29.9 Å². The van der Waals surface area contributed by atoms with E-state index in [0.717, 1.165) is 17.2 Å². The van der Waals surface area contributed by atoms with E-state index in [9.17, 15) is 4.79 Å². The zero-order valence-electron chi connectivity index (χ0n) is 12.8. The fraction of sp³-hybridized carbons (Fsp3) is 0.562. The van der Waals surface area contributed by atoms with E-state index in [1.165, 1.54) is 12.5 Å². The average Bonchev–Trinajstić information content (AvgIpc) is 2.19. The van der Waals surface area contributed by atoms with Crippen LogP contribution in [0.25, 0.3) is 0 Å². The van der Waals surface area contributed by atoms with Gasteiger partial charge in [0.25, 0.3) is 0 Å². The van der Waals surface area contributed by atoms with E-state index in [2.05, 4.69) is 46.0 Å². The summed E-state index contributed by atoms with van der Waals surface area (Å²) in [7, 11) is 0. The van der Waals surface area contributed by atoms with Gasteiger partial charge in [0.1, 0.15) is 0 Å². The van der Waals surface area contributed by atoms with Crippen LogP contribution in [0.15, 0.2) is 18.2 Å². The normalized spacial score (nSPS) is 10.1. The smallest absolute Gasteiger partial charge is 0.221 e. The van der Waals surface area contributed by atoms with E-state index in [1.54, 1.807) is 0 Å². The van der Waals surface area contributed by atoms with Gasteiger partial charge < -0.3 is 5.32 Å². The van der Waals surface area contributed by atoms with Crippen LogP contribution in [-0.4, -0.2) is 5.91 Å². The SMILES string of the molecule is CC(=O)Nc1c(C)cccc1C(C)C.CC(C)C. The van der Waals surface area contributed by atoms with Crippen molar-refractivity contribution in [2.24, 2.45) is 5.92 Å². The Bertz CT molecular complexity index is 378. The van der Waals surface area contributed by atoms with Gasteiger partial charge in [-0.25, -0.2) is 0 Å². The molecule has 2 nitrogen and oxygen atoms in total. The fourth-order valence-corrected chi connectivity index (χ4v) is 1.52. The standard InChI is InChI=1S/C12H17NO.C4H10/c1-8(2)11-7-5-6-9(3)12(11)13-10(4)14;1-4(2)3/h5-8H,1-4H3,(H,13,14);4H,1-3H3. The molecule has 1 aromatic carbocycles. The molecule has 1 N–H and O–H groups in total. The molecule has 0 fully saturated rings. The Morgan fingerprint density at radius 1 is 1.11 bits per heavy atom. The van der Waals surface area contributed by atoms with E-state index >= 15 is 0 Å². The van der Waals surface area contributed by atoms with Crippen LogP contribution in [0.5, 0.6) is 0 Å². The number of anilines is 1. The first-order valence-corrected chi connectivity index (χ1v) is 6.62. The highest BCUT2D eigenvalue weighted by Gasteiger charge is 2.09. The van der Waals surface area contributed by atoms with Crippen LogP contribution in [-0.2, 0) is 4.79 Å². The number of amides is 1. The molecule has 0 bridgehead atoms. The molecule has 0 atom stereocenters. The lowest BCUT2D eigenvalue weighted by atomic mass is 9.98. The Morgan fingerprint density at radius 2 is 1.61 bits per heavy atom. The molecule has 0 radical (unpaired) electrons. The number of aryl methyl sites for hydroxylation is 1. The zero-order chi connectivity index (χ0) is 14.3. The highest BCUT2D eigenvalue weighted by atomic mass is 16.1. The van der Waals surface area contributed by atoms with Gasteiger partial charge in [0.2, 0.25) is 5.91 Å².